The van der Waals surface area contributed by atoms with Crippen LogP contribution in [-0.2, 0) is 11.2 Å². The van der Waals surface area contributed by atoms with Gasteiger partial charge in [0, 0.05) is 5.56 Å². The highest BCUT2D eigenvalue weighted by atomic mass is 32.1. The second-order valence-corrected chi connectivity index (χ2v) is 3.32. The first kappa shape index (κ1) is 10.2. The predicted molar refractivity (Wildman–Crippen MR) is 59.3 cm³/mol. The highest BCUT2D eigenvalue weighted by Crippen LogP contribution is 2.16. The van der Waals surface area contributed by atoms with E-state index in [0.29, 0.717) is 5.05 Å². The largest absolute Gasteiger partial charge is 0.486 e. The molecule has 0 aliphatic heterocycles. The molecule has 0 fully saturated rings. The number of thiocarbonyl (C=S) groups is 1. The SMILES string of the molecule is CCc1c(C)cccc1C(=S)OC. The maximum atomic E-state index is 5.11. The summed E-state index contributed by atoms with van der Waals surface area (Å²) in [5.41, 5.74) is 3.62. The van der Waals surface area contributed by atoms with Crippen LogP contribution in [0, 0.1) is 6.92 Å². The lowest BCUT2D eigenvalue weighted by Gasteiger charge is -2.10. The van der Waals surface area contributed by atoms with Gasteiger partial charge in [-0.1, -0.05) is 25.1 Å². The average Bonchev–Trinajstić information content (AvgIpc) is 2.16. The van der Waals surface area contributed by atoms with Gasteiger partial charge < -0.3 is 4.74 Å². The molecule has 1 aromatic carbocycles. The van der Waals surface area contributed by atoms with E-state index in [2.05, 4.69) is 19.9 Å². The maximum absolute atomic E-state index is 5.11. The van der Waals surface area contributed by atoms with Crippen LogP contribution in [0.1, 0.15) is 23.6 Å². The normalized spacial score (nSPS) is 9.77. The van der Waals surface area contributed by atoms with Crippen LogP contribution in [0.15, 0.2) is 18.2 Å². The first-order valence-electron chi connectivity index (χ1n) is 4.37. The molecule has 0 spiro atoms. The van der Waals surface area contributed by atoms with Gasteiger partial charge in [-0.3, -0.25) is 0 Å². The van der Waals surface area contributed by atoms with E-state index in [1.807, 2.05) is 12.1 Å². The quantitative estimate of drug-likeness (QED) is 0.669. The Morgan fingerprint density at radius 2 is 2.15 bits per heavy atom. The lowest BCUT2D eigenvalue weighted by molar-refractivity contribution is 0.415. The maximum Gasteiger partial charge on any atom is 0.191 e. The predicted octanol–water partition coefficient (Wildman–Crippen LogP) is 2.88. The van der Waals surface area contributed by atoms with E-state index in [1.54, 1.807) is 7.11 Å². The molecule has 0 unspecified atom stereocenters. The Kier molecular flexibility index (Phi) is 3.43. The molecule has 2 heteroatoms. The molecule has 0 atom stereocenters. The van der Waals surface area contributed by atoms with Gasteiger partial charge in [-0.15, -0.1) is 0 Å². The Hall–Kier alpha value is -0.890. The number of rotatable bonds is 2. The number of ether oxygens (including phenoxy) is 1. The van der Waals surface area contributed by atoms with E-state index < -0.39 is 0 Å². The number of benzene rings is 1. The van der Waals surface area contributed by atoms with Crippen molar-refractivity contribution in [3.05, 3.63) is 34.9 Å². The minimum atomic E-state index is 0.584. The highest BCUT2D eigenvalue weighted by molar-refractivity contribution is 7.80. The van der Waals surface area contributed by atoms with Gasteiger partial charge in [0.1, 0.15) is 0 Å². The molecule has 0 N–H and O–H groups in total. The summed E-state index contributed by atoms with van der Waals surface area (Å²) < 4.78 is 5.07. The fourth-order valence-electron chi connectivity index (χ4n) is 1.47. The van der Waals surface area contributed by atoms with Crippen molar-refractivity contribution in [3.63, 3.8) is 0 Å². The van der Waals surface area contributed by atoms with Crippen LogP contribution in [0.2, 0.25) is 0 Å². The van der Waals surface area contributed by atoms with Gasteiger partial charge in [0.15, 0.2) is 5.05 Å². The van der Waals surface area contributed by atoms with Crippen molar-refractivity contribution >= 4 is 17.3 Å². The van der Waals surface area contributed by atoms with Crippen molar-refractivity contribution in [2.24, 2.45) is 0 Å². The standard InChI is InChI=1S/C11H14OS/c1-4-9-8(2)6-5-7-10(9)11(13)12-3/h5-7H,4H2,1-3H3. The lowest BCUT2D eigenvalue weighted by Crippen LogP contribution is -2.05. The van der Waals surface area contributed by atoms with Crippen molar-refractivity contribution in [1.82, 2.24) is 0 Å². The molecule has 0 saturated carbocycles. The van der Waals surface area contributed by atoms with Crippen molar-refractivity contribution in [2.75, 3.05) is 7.11 Å². The Bertz CT molecular complexity index is 318. The fraction of sp³-hybridized carbons (Fsp3) is 0.364. The molecular weight excluding hydrogens is 180 g/mol. The Labute approximate surface area is 84.7 Å². The smallest absolute Gasteiger partial charge is 0.191 e. The van der Waals surface area contributed by atoms with Crippen molar-refractivity contribution in [1.29, 1.82) is 0 Å². The molecule has 0 aromatic heterocycles. The van der Waals surface area contributed by atoms with Gasteiger partial charge in [0.2, 0.25) is 0 Å². The Balaban J connectivity index is 3.20. The summed E-state index contributed by atoms with van der Waals surface area (Å²) in [6.07, 6.45) is 0.992. The third-order valence-electron chi connectivity index (χ3n) is 2.17. The van der Waals surface area contributed by atoms with Crippen LogP contribution in [-0.4, -0.2) is 12.2 Å². The summed E-state index contributed by atoms with van der Waals surface area (Å²) in [7, 11) is 1.62. The van der Waals surface area contributed by atoms with Crippen molar-refractivity contribution < 1.29 is 4.74 Å². The Morgan fingerprint density at radius 1 is 1.46 bits per heavy atom. The second-order valence-electron chi connectivity index (χ2n) is 2.95. The zero-order chi connectivity index (χ0) is 9.84. The van der Waals surface area contributed by atoms with Crippen LogP contribution in [0.4, 0.5) is 0 Å². The summed E-state index contributed by atoms with van der Waals surface area (Å²) in [4.78, 5) is 0. The number of methoxy groups -OCH3 is 1. The number of hydrogen-bond donors (Lipinski definition) is 0. The van der Waals surface area contributed by atoms with Crippen molar-refractivity contribution in [2.45, 2.75) is 20.3 Å². The molecule has 0 radical (unpaired) electrons. The molecule has 0 heterocycles. The molecule has 13 heavy (non-hydrogen) atoms. The van der Waals surface area contributed by atoms with Gasteiger partial charge in [-0.2, -0.15) is 0 Å². The summed E-state index contributed by atoms with van der Waals surface area (Å²) >= 11 is 5.11. The van der Waals surface area contributed by atoms with Gasteiger partial charge in [0.05, 0.1) is 7.11 Å². The first-order chi connectivity index (χ1) is 6.20. The van der Waals surface area contributed by atoms with Gasteiger partial charge in [0.25, 0.3) is 0 Å². The van der Waals surface area contributed by atoms with Crippen LogP contribution in [0.25, 0.3) is 0 Å². The van der Waals surface area contributed by atoms with Gasteiger partial charge in [-0.25, -0.2) is 0 Å². The number of hydrogen-bond acceptors (Lipinski definition) is 2. The topological polar surface area (TPSA) is 9.23 Å². The molecule has 1 rings (SSSR count). The van der Waals surface area contributed by atoms with Gasteiger partial charge in [-0.05, 0) is 36.7 Å². The van der Waals surface area contributed by atoms with Crippen LogP contribution >= 0.6 is 12.2 Å². The fourth-order valence-corrected chi connectivity index (χ4v) is 1.66. The third-order valence-corrected chi connectivity index (χ3v) is 2.56. The molecule has 0 aliphatic rings. The summed E-state index contributed by atoms with van der Waals surface area (Å²) in [5.74, 6) is 0. The molecule has 0 aliphatic carbocycles. The average molecular weight is 194 g/mol. The minimum absolute atomic E-state index is 0.584. The first-order valence-corrected chi connectivity index (χ1v) is 4.78. The molecule has 0 amide bonds. The molecular formula is C11H14OS. The van der Waals surface area contributed by atoms with Crippen LogP contribution < -0.4 is 0 Å². The van der Waals surface area contributed by atoms with E-state index in [9.17, 15) is 0 Å². The molecule has 0 bridgehead atoms. The third kappa shape index (κ3) is 2.07. The Morgan fingerprint density at radius 3 is 2.69 bits per heavy atom. The minimum Gasteiger partial charge on any atom is -0.486 e. The second kappa shape index (κ2) is 4.38. The van der Waals surface area contributed by atoms with E-state index in [-0.39, 0.29) is 0 Å². The monoisotopic (exact) mass is 194 g/mol. The summed E-state index contributed by atoms with van der Waals surface area (Å²) in [6.45, 7) is 4.23. The van der Waals surface area contributed by atoms with Crippen LogP contribution in [0.3, 0.4) is 0 Å². The zero-order valence-electron chi connectivity index (χ0n) is 8.26. The molecule has 70 valence electrons. The van der Waals surface area contributed by atoms with Crippen LogP contribution in [0.5, 0.6) is 0 Å². The summed E-state index contributed by atoms with van der Waals surface area (Å²) in [6, 6.07) is 6.12. The van der Waals surface area contributed by atoms with Gasteiger partial charge >= 0.3 is 0 Å². The van der Waals surface area contributed by atoms with Crippen molar-refractivity contribution in [3.8, 4) is 0 Å². The zero-order valence-corrected chi connectivity index (χ0v) is 9.07. The summed E-state index contributed by atoms with van der Waals surface area (Å²) in [5, 5.41) is 0.584. The molecule has 1 aromatic rings. The molecule has 0 saturated heterocycles. The van der Waals surface area contributed by atoms with E-state index in [4.69, 9.17) is 17.0 Å². The highest BCUT2D eigenvalue weighted by Gasteiger charge is 2.07. The molecule has 1 nitrogen and oxygen atoms in total. The lowest BCUT2D eigenvalue weighted by atomic mass is 10.0. The number of aryl methyl sites for hydroxylation is 1. The van der Waals surface area contributed by atoms with E-state index >= 15 is 0 Å². The van der Waals surface area contributed by atoms with E-state index in [0.717, 1.165) is 12.0 Å². The van der Waals surface area contributed by atoms with E-state index in [1.165, 1.54) is 11.1 Å².